The summed E-state index contributed by atoms with van der Waals surface area (Å²) in [5.74, 6) is 0.737. The smallest absolute Gasteiger partial charge is 0.251 e. The molecule has 1 aliphatic rings. The van der Waals surface area contributed by atoms with Crippen LogP contribution in [0.1, 0.15) is 43.0 Å². The summed E-state index contributed by atoms with van der Waals surface area (Å²) in [6.45, 7) is 4.61. The van der Waals surface area contributed by atoms with Gasteiger partial charge in [-0.25, -0.2) is 0 Å². The molecule has 1 heterocycles. The highest BCUT2D eigenvalue weighted by Gasteiger charge is 2.24. The van der Waals surface area contributed by atoms with Gasteiger partial charge in [0, 0.05) is 31.1 Å². The predicted molar refractivity (Wildman–Crippen MR) is 95.8 cm³/mol. The number of rotatable bonds is 7. The molecule has 1 aliphatic heterocycles. The lowest BCUT2D eigenvalue weighted by Crippen LogP contribution is -2.42. The largest absolute Gasteiger partial charge is 0.349 e. The summed E-state index contributed by atoms with van der Waals surface area (Å²) in [5, 5.41) is 6.09. The van der Waals surface area contributed by atoms with E-state index in [1.807, 2.05) is 37.1 Å². The van der Waals surface area contributed by atoms with Crippen LogP contribution in [0.3, 0.4) is 0 Å². The predicted octanol–water partition coefficient (Wildman–Crippen LogP) is 2.04. The Morgan fingerprint density at radius 3 is 2.50 bits per heavy atom. The van der Waals surface area contributed by atoms with E-state index in [0.29, 0.717) is 12.0 Å². The highest BCUT2D eigenvalue weighted by Crippen LogP contribution is 2.20. The number of amides is 2. The molecule has 2 rings (SSSR count). The van der Waals surface area contributed by atoms with Crippen LogP contribution in [0.2, 0.25) is 0 Å². The highest BCUT2D eigenvalue weighted by atomic mass is 16.2. The summed E-state index contributed by atoms with van der Waals surface area (Å²) in [6.07, 6.45) is 3.71. The van der Waals surface area contributed by atoms with Crippen LogP contribution in [-0.4, -0.2) is 49.4 Å². The van der Waals surface area contributed by atoms with Crippen LogP contribution in [0.5, 0.6) is 0 Å². The van der Waals surface area contributed by atoms with Gasteiger partial charge in [-0.3, -0.25) is 9.59 Å². The lowest BCUT2D eigenvalue weighted by atomic mass is 9.93. The van der Waals surface area contributed by atoms with E-state index in [-0.39, 0.29) is 17.9 Å². The van der Waals surface area contributed by atoms with E-state index in [1.165, 1.54) is 6.42 Å². The zero-order valence-electron chi connectivity index (χ0n) is 14.8. The Balaban J connectivity index is 1.73. The number of likely N-dealkylation sites (tertiary alicyclic amines) is 1. The highest BCUT2D eigenvalue weighted by molar-refractivity contribution is 5.94. The van der Waals surface area contributed by atoms with Crippen LogP contribution in [0.25, 0.3) is 0 Å². The fourth-order valence-corrected chi connectivity index (χ4v) is 3.16. The molecule has 1 aromatic rings. The Labute approximate surface area is 144 Å². The lowest BCUT2D eigenvalue weighted by Gasteiger charge is -2.32. The molecule has 1 fully saturated rings. The molecule has 0 radical (unpaired) electrons. The molecule has 0 bridgehead atoms. The van der Waals surface area contributed by atoms with Gasteiger partial charge in [0.1, 0.15) is 0 Å². The average Bonchev–Trinajstić information content (AvgIpc) is 2.61. The molecule has 132 valence electrons. The first-order valence-corrected chi connectivity index (χ1v) is 8.88. The zero-order chi connectivity index (χ0) is 17.4. The van der Waals surface area contributed by atoms with Crippen molar-refractivity contribution in [3.05, 3.63) is 35.9 Å². The van der Waals surface area contributed by atoms with Gasteiger partial charge in [-0.15, -0.1) is 0 Å². The molecular weight excluding hydrogens is 302 g/mol. The van der Waals surface area contributed by atoms with Crippen LogP contribution in [0.15, 0.2) is 30.3 Å². The molecule has 2 amide bonds. The van der Waals surface area contributed by atoms with Crippen molar-refractivity contribution in [2.45, 2.75) is 38.6 Å². The number of nitrogens with one attached hydrogen (secondary N) is 2. The summed E-state index contributed by atoms with van der Waals surface area (Å²) < 4.78 is 0. The van der Waals surface area contributed by atoms with Crippen molar-refractivity contribution in [3.8, 4) is 0 Å². The number of carbonyl (C=O) groups is 2. The summed E-state index contributed by atoms with van der Waals surface area (Å²) >= 11 is 0. The van der Waals surface area contributed by atoms with E-state index < -0.39 is 0 Å². The fourth-order valence-electron chi connectivity index (χ4n) is 3.16. The second-order valence-corrected chi connectivity index (χ2v) is 6.66. The molecule has 24 heavy (non-hydrogen) atoms. The van der Waals surface area contributed by atoms with Crippen molar-refractivity contribution in [3.63, 3.8) is 0 Å². The van der Waals surface area contributed by atoms with Gasteiger partial charge >= 0.3 is 0 Å². The minimum absolute atomic E-state index is 0.123. The third kappa shape index (κ3) is 5.64. The fraction of sp³-hybridized carbons (Fsp3) is 0.579. The Kier molecular flexibility index (Phi) is 7.25. The third-order valence-corrected chi connectivity index (χ3v) is 4.66. The van der Waals surface area contributed by atoms with Crippen molar-refractivity contribution < 1.29 is 9.59 Å². The van der Waals surface area contributed by atoms with Crippen LogP contribution >= 0.6 is 0 Å². The van der Waals surface area contributed by atoms with Gasteiger partial charge in [0.05, 0.1) is 0 Å². The van der Waals surface area contributed by atoms with E-state index in [1.54, 1.807) is 12.1 Å². The van der Waals surface area contributed by atoms with E-state index in [2.05, 4.69) is 10.6 Å². The molecule has 1 saturated heterocycles. The first kappa shape index (κ1) is 18.5. The standard InChI is InChI=1S/C19H29N3O2/c1-15(21-19(24)17-6-4-3-5-7-17)14-18(23)22-12-9-16(10-13-22)8-11-20-2/h3-7,15-16,20H,8-14H2,1-2H3,(H,21,24). The SMILES string of the molecule is CNCCC1CCN(C(=O)CC(C)NC(=O)c2ccccc2)CC1. The van der Waals surface area contributed by atoms with Crippen LogP contribution in [0, 0.1) is 5.92 Å². The first-order chi connectivity index (χ1) is 11.6. The first-order valence-electron chi connectivity index (χ1n) is 8.88. The minimum atomic E-state index is -0.160. The Hall–Kier alpha value is -1.88. The van der Waals surface area contributed by atoms with Gasteiger partial charge in [0.15, 0.2) is 0 Å². The monoisotopic (exact) mass is 331 g/mol. The number of benzene rings is 1. The van der Waals surface area contributed by atoms with Gasteiger partial charge in [-0.05, 0) is 57.8 Å². The molecule has 1 unspecified atom stereocenters. The van der Waals surface area contributed by atoms with Gasteiger partial charge in [0.25, 0.3) is 5.91 Å². The van der Waals surface area contributed by atoms with Crippen LogP contribution in [-0.2, 0) is 4.79 Å². The van der Waals surface area contributed by atoms with E-state index in [0.717, 1.165) is 38.4 Å². The molecule has 0 aromatic heterocycles. The summed E-state index contributed by atoms with van der Waals surface area (Å²) in [5.41, 5.74) is 0.627. The Morgan fingerprint density at radius 2 is 1.88 bits per heavy atom. The van der Waals surface area contributed by atoms with Gasteiger partial charge in [-0.2, -0.15) is 0 Å². The Bertz CT molecular complexity index is 525. The molecule has 1 atom stereocenters. The molecule has 5 heteroatoms. The number of hydrogen-bond acceptors (Lipinski definition) is 3. The van der Waals surface area contributed by atoms with Crippen molar-refractivity contribution in [2.24, 2.45) is 5.92 Å². The maximum Gasteiger partial charge on any atom is 0.251 e. The molecule has 0 saturated carbocycles. The topological polar surface area (TPSA) is 61.4 Å². The minimum Gasteiger partial charge on any atom is -0.349 e. The third-order valence-electron chi connectivity index (χ3n) is 4.66. The number of carbonyl (C=O) groups excluding carboxylic acids is 2. The van der Waals surface area contributed by atoms with E-state index in [4.69, 9.17) is 0 Å². The second kappa shape index (κ2) is 9.42. The summed E-state index contributed by atoms with van der Waals surface area (Å²) in [7, 11) is 1.98. The van der Waals surface area contributed by atoms with Crippen molar-refractivity contribution in [2.75, 3.05) is 26.7 Å². The average molecular weight is 331 g/mol. The summed E-state index contributed by atoms with van der Waals surface area (Å²) in [4.78, 5) is 26.5. The molecular formula is C19H29N3O2. The normalized spacial score (nSPS) is 16.7. The summed E-state index contributed by atoms with van der Waals surface area (Å²) in [6, 6.07) is 8.95. The number of nitrogens with zero attached hydrogens (tertiary/aromatic N) is 1. The van der Waals surface area contributed by atoms with E-state index >= 15 is 0 Å². The van der Waals surface area contributed by atoms with Crippen LogP contribution in [0.4, 0.5) is 0 Å². The van der Waals surface area contributed by atoms with Crippen molar-refractivity contribution in [1.82, 2.24) is 15.5 Å². The maximum atomic E-state index is 12.4. The lowest BCUT2D eigenvalue weighted by molar-refractivity contribution is -0.133. The van der Waals surface area contributed by atoms with Gasteiger partial charge < -0.3 is 15.5 Å². The molecule has 0 spiro atoms. The van der Waals surface area contributed by atoms with Crippen LogP contribution < -0.4 is 10.6 Å². The van der Waals surface area contributed by atoms with Gasteiger partial charge in [-0.1, -0.05) is 18.2 Å². The quantitative estimate of drug-likeness (QED) is 0.804. The molecule has 2 N–H and O–H groups in total. The van der Waals surface area contributed by atoms with E-state index in [9.17, 15) is 9.59 Å². The number of piperidine rings is 1. The molecule has 5 nitrogen and oxygen atoms in total. The van der Waals surface area contributed by atoms with Crippen molar-refractivity contribution in [1.29, 1.82) is 0 Å². The van der Waals surface area contributed by atoms with Gasteiger partial charge in [0.2, 0.25) is 5.91 Å². The Morgan fingerprint density at radius 1 is 1.21 bits per heavy atom. The number of hydrogen-bond donors (Lipinski definition) is 2. The maximum absolute atomic E-state index is 12.4. The zero-order valence-corrected chi connectivity index (χ0v) is 14.8. The second-order valence-electron chi connectivity index (χ2n) is 6.66. The molecule has 1 aromatic carbocycles. The van der Waals surface area contributed by atoms with Crippen molar-refractivity contribution >= 4 is 11.8 Å². The molecule has 0 aliphatic carbocycles.